The van der Waals surface area contributed by atoms with E-state index in [1.807, 2.05) is 0 Å². The third-order valence-corrected chi connectivity index (χ3v) is 4.06. The van der Waals surface area contributed by atoms with E-state index in [1.54, 1.807) is 6.33 Å². The third-order valence-electron chi connectivity index (χ3n) is 4.06. The zero-order chi connectivity index (χ0) is 13.8. The summed E-state index contributed by atoms with van der Waals surface area (Å²) < 4.78 is 5.38. The van der Waals surface area contributed by atoms with Crippen molar-refractivity contribution in [2.45, 2.75) is 18.9 Å². The molecule has 0 bridgehead atoms. The molecule has 0 spiro atoms. The number of anilines is 2. The second-order valence-electron chi connectivity index (χ2n) is 5.58. The van der Waals surface area contributed by atoms with Gasteiger partial charge in [0.15, 0.2) is 0 Å². The minimum absolute atomic E-state index is 0.527. The van der Waals surface area contributed by atoms with E-state index < -0.39 is 0 Å². The van der Waals surface area contributed by atoms with Crippen LogP contribution < -0.4 is 10.2 Å². The van der Waals surface area contributed by atoms with E-state index in [1.165, 1.54) is 12.8 Å². The first kappa shape index (κ1) is 13.6. The number of rotatable bonds is 3. The summed E-state index contributed by atoms with van der Waals surface area (Å²) in [4.78, 5) is 13.4. The summed E-state index contributed by atoms with van der Waals surface area (Å²) in [7, 11) is 2.18. The van der Waals surface area contributed by atoms with Crippen LogP contribution in [0.25, 0.3) is 0 Å². The van der Waals surface area contributed by atoms with Gasteiger partial charge in [0.2, 0.25) is 0 Å². The Bertz CT molecular complexity index is 427. The minimum Gasteiger partial charge on any atom is -0.378 e. The number of nitrogens with zero attached hydrogens (tertiary/aromatic N) is 4. The van der Waals surface area contributed by atoms with Gasteiger partial charge in [-0.2, -0.15) is 0 Å². The SMILES string of the molecule is CN1CCC(Nc2cc(N3CCOCC3)ncn2)CC1. The molecule has 0 unspecified atom stereocenters. The van der Waals surface area contributed by atoms with Crippen molar-refractivity contribution in [3.8, 4) is 0 Å². The number of nitrogens with one attached hydrogen (secondary N) is 1. The van der Waals surface area contributed by atoms with Gasteiger partial charge >= 0.3 is 0 Å². The molecule has 0 radical (unpaired) electrons. The van der Waals surface area contributed by atoms with Crippen molar-refractivity contribution in [2.24, 2.45) is 0 Å². The maximum absolute atomic E-state index is 5.38. The number of ether oxygens (including phenoxy) is 1. The van der Waals surface area contributed by atoms with Crippen molar-refractivity contribution in [1.82, 2.24) is 14.9 Å². The molecule has 1 N–H and O–H groups in total. The zero-order valence-corrected chi connectivity index (χ0v) is 12.1. The zero-order valence-electron chi connectivity index (χ0n) is 12.1. The van der Waals surface area contributed by atoms with E-state index in [0.717, 1.165) is 51.0 Å². The van der Waals surface area contributed by atoms with Gasteiger partial charge in [0.25, 0.3) is 0 Å². The molecular weight excluding hydrogens is 254 g/mol. The highest BCUT2D eigenvalue weighted by Gasteiger charge is 2.18. The Kier molecular flexibility index (Phi) is 4.32. The summed E-state index contributed by atoms with van der Waals surface area (Å²) in [6, 6.07) is 2.59. The van der Waals surface area contributed by atoms with E-state index in [2.05, 4.69) is 38.2 Å². The second-order valence-corrected chi connectivity index (χ2v) is 5.58. The first-order valence-electron chi connectivity index (χ1n) is 7.41. The third kappa shape index (κ3) is 3.37. The molecule has 1 aromatic rings. The standard InChI is InChI=1S/C14H23N5O/c1-18-4-2-12(3-5-18)17-13-10-14(16-11-15-13)19-6-8-20-9-7-19/h10-12H,2-9H2,1H3,(H,15,16,17). The van der Waals surface area contributed by atoms with Crippen LogP contribution in [0.2, 0.25) is 0 Å². The van der Waals surface area contributed by atoms with Crippen molar-refractivity contribution in [1.29, 1.82) is 0 Å². The highest BCUT2D eigenvalue weighted by molar-refractivity contribution is 5.49. The molecule has 0 saturated carbocycles. The van der Waals surface area contributed by atoms with E-state index in [4.69, 9.17) is 4.74 Å². The summed E-state index contributed by atoms with van der Waals surface area (Å²) in [6.07, 6.45) is 4.00. The molecule has 6 nitrogen and oxygen atoms in total. The van der Waals surface area contributed by atoms with Crippen LogP contribution >= 0.6 is 0 Å². The van der Waals surface area contributed by atoms with Gasteiger partial charge in [0, 0.05) is 25.2 Å². The number of aromatic nitrogens is 2. The van der Waals surface area contributed by atoms with E-state index in [0.29, 0.717) is 6.04 Å². The summed E-state index contributed by atoms with van der Waals surface area (Å²) >= 11 is 0. The van der Waals surface area contributed by atoms with E-state index >= 15 is 0 Å². The van der Waals surface area contributed by atoms with Crippen LogP contribution in [-0.4, -0.2) is 67.4 Å². The van der Waals surface area contributed by atoms with E-state index in [-0.39, 0.29) is 0 Å². The summed E-state index contributed by atoms with van der Waals surface area (Å²) in [5.74, 6) is 1.94. The van der Waals surface area contributed by atoms with Crippen LogP contribution in [0.15, 0.2) is 12.4 Å². The first-order valence-corrected chi connectivity index (χ1v) is 7.41. The van der Waals surface area contributed by atoms with Gasteiger partial charge in [-0.05, 0) is 33.0 Å². The van der Waals surface area contributed by atoms with Crippen molar-refractivity contribution in [3.05, 3.63) is 12.4 Å². The molecule has 2 saturated heterocycles. The van der Waals surface area contributed by atoms with Gasteiger partial charge in [-0.15, -0.1) is 0 Å². The quantitative estimate of drug-likeness (QED) is 0.883. The number of likely N-dealkylation sites (tertiary alicyclic amines) is 1. The molecule has 0 atom stereocenters. The van der Waals surface area contributed by atoms with Crippen LogP contribution in [0.3, 0.4) is 0 Å². The van der Waals surface area contributed by atoms with Gasteiger partial charge in [0.1, 0.15) is 18.0 Å². The lowest BCUT2D eigenvalue weighted by Gasteiger charge is -2.30. The van der Waals surface area contributed by atoms with Crippen molar-refractivity contribution >= 4 is 11.6 Å². The largest absolute Gasteiger partial charge is 0.378 e. The van der Waals surface area contributed by atoms with Crippen LogP contribution in [0.5, 0.6) is 0 Å². The average Bonchev–Trinajstić information content (AvgIpc) is 2.51. The molecule has 2 fully saturated rings. The lowest BCUT2D eigenvalue weighted by Crippen LogP contribution is -2.38. The van der Waals surface area contributed by atoms with E-state index in [9.17, 15) is 0 Å². The molecule has 2 aliphatic heterocycles. The Hall–Kier alpha value is -1.40. The maximum Gasteiger partial charge on any atom is 0.134 e. The van der Waals surface area contributed by atoms with Crippen LogP contribution in [0.1, 0.15) is 12.8 Å². The van der Waals surface area contributed by atoms with Gasteiger partial charge in [-0.3, -0.25) is 0 Å². The summed E-state index contributed by atoms with van der Waals surface area (Å²) in [5.41, 5.74) is 0. The molecule has 110 valence electrons. The number of morpholine rings is 1. The number of hydrogen-bond acceptors (Lipinski definition) is 6. The molecule has 1 aromatic heterocycles. The minimum atomic E-state index is 0.527. The summed E-state index contributed by atoms with van der Waals surface area (Å²) in [5, 5.41) is 3.55. The fraction of sp³-hybridized carbons (Fsp3) is 0.714. The first-order chi connectivity index (χ1) is 9.81. The fourth-order valence-corrected chi connectivity index (χ4v) is 2.75. The van der Waals surface area contributed by atoms with Gasteiger partial charge in [-0.1, -0.05) is 0 Å². The van der Waals surface area contributed by atoms with Crippen molar-refractivity contribution in [2.75, 3.05) is 56.7 Å². The van der Waals surface area contributed by atoms with Gasteiger partial charge in [0.05, 0.1) is 13.2 Å². The van der Waals surface area contributed by atoms with Crippen molar-refractivity contribution in [3.63, 3.8) is 0 Å². The molecular formula is C14H23N5O. The lowest BCUT2D eigenvalue weighted by atomic mass is 10.1. The van der Waals surface area contributed by atoms with Crippen LogP contribution in [-0.2, 0) is 4.74 Å². The Morgan fingerprint density at radius 3 is 2.65 bits per heavy atom. The topological polar surface area (TPSA) is 53.5 Å². The average molecular weight is 277 g/mol. The smallest absolute Gasteiger partial charge is 0.134 e. The molecule has 0 aromatic carbocycles. The Labute approximate surface area is 120 Å². The number of piperidine rings is 1. The Morgan fingerprint density at radius 2 is 1.90 bits per heavy atom. The van der Waals surface area contributed by atoms with Crippen molar-refractivity contribution < 1.29 is 4.74 Å². The molecule has 20 heavy (non-hydrogen) atoms. The maximum atomic E-state index is 5.38. The van der Waals surface area contributed by atoms with Crippen LogP contribution in [0.4, 0.5) is 11.6 Å². The summed E-state index contributed by atoms with van der Waals surface area (Å²) in [6.45, 7) is 5.68. The molecule has 0 aliphatic carbocycles. The fourth-order valence-electron chi connectivity index (χ4n) is 2.75. The molecule has 6 heteroatoms. The second kappa shape index (κ2) is 6.37. The Morgan fingerprint density at radius 1 is 1.15 bits per heavy atom. The predicted octanol–water partition coefficient (Wildman–Crippen LogP) is 0.819. The van der Waals surface area contributed by atoms with Gasteiger partial charge < -0.3 is 19.9 Å². The lowest BCUT2D eigenvalue weighted by molar-refractivity contribution is 0.122. The highest BCUT2D eigenvalue weighted by Crippen LogP contribution is 2.18. The Balaban J connectivity index is 1.62. The van der Waals surface area contributed by atoms with Crippen LogP contribution in [0, 0.1) is 0 Å². The molecule has 3 rings (SSSR count). The predicted molar refractivity (Wildman–Crippen MR) is 79.2 cm³/mol. The highest BCUT2D eigenvalue weighted by atomic mass is 16.5. The molecule has 2 aliphatic rings. The van der Waals surface area contributed by atoms with Gasteiger partial charge in [-0.25, -0.2) is 9.97 Å². The molecule has 3 heterocycles. The monoisotopic (exact) mass is 277 g/mol. The number of hydrogen-bond donors (Lipinski definition) is 1. The normalized spacial score (nSPS) is 21.9. The molecule has 0 amide bonds.